The van der Waals surface area contributed by atoms with Crippen LogP contribution < -0.4 is 4.72 Å². The van der Waals surface area contributed by atoms with Crippen LogP contribution in [0.15, 0.2) is 23.1 Å². The van der Waals surface area contributed by atoms with Crippen molar-refractivity contribution in [3.63, 3.8) is 0 Å². The lowest BCUT2D eigenvalue weighted by Gasteiger charge is -2.11. The highest BCUT2D eigenvalue weighted by Crippen LogP contribution is 2.28. The van der Waals surface area contributed by atoms with Crippen LogP contribution in [0.3, 0.4) is 0 Å². The van der Waals surface area contributed by atoms with Gasteiger partial charge in [0.05, 0.1) is 22.1 Å². The monoisotopic (exact) mass is 321 g/mol. The average molecular weight is 321 g/mol. The van der Waals surface area contributed by atoms with Crippen LogP contribution in [0.1, 0.15) is 26.7 Å². The van der Waals surface area contributed by atoms with Gasteiger partial charge in [-0.1, -0.05) is 20.3 Å². The molecule has 0 spiro atoms. The van der Waals surface area contributed by atoms with Crippen LogP contribution in [0.25, 0.3) is 0 Å². The maximum absolute atomic E-state index is 11.8. The zero-order valence-electron chi connectivity index (χ0n) is 11.5. The number of rotatable bonds is 7. The number of aromatic hydroxyl groups is 1. The van der Waals surface area contributed by atoms with E-state index >= 15 is 0 Å². The molecule has 0 saturated heterocycles. The Morgan fingerprint density at radius 2 is 1.80 bits per heavy atom. The van der Waals surface area contributed by atoms with E-state index in [-0.39, 0.29) is 27.8 Å². The van der Waals surface area contributed by atoms with Gasteiger partial charge in [0.1, 0.15) is 5.75 Å². The van der Waals surface area contributed by atoms with Gasteiger partial charge in [-0.3, -0.25) is 4.72 Å². The Hall–Kier alpha value is -1.28. The molecule has 1 rings (SSSR count). The van der Waals surface area contributed by atoms with E-state index in [2.05, 4.69) is 4.72 Å². The zero-order chi connectivity index (χ0) is 15.4. The Kier molecular flexibility index (Phi) is 5.41. The van der Waals surface area contributed by atoms with E-state index in [1.165, 1.54) is 19.1 Å². The molecule has 0 radical (unpaired) electrons. The fourth-order valence-electron chi connectivity index (χ4n) is 1.51. The van der Waals surface area contributed by atoms with Crippen molar-refractivity contribution in [3.8, 4) is 5.75 Å². The molecule has 0 atom stereocenters. The first kappa shape index (κ1) is 16.8. The van der Waals surface area contributed by atoms with Crippen molar-refractivity contribution < 1.29 is 21.9 Å². The lowest BCUT2D eigenvalue weighted by Crippen LogP contribution is -2.17. The molecular formula is C12H19NO5S2. The predicted octanol–water partition coefficient (Wildman–Crippen LogP) is 1.73. The number of phenols is 1. The van der Waals surface area contributed by atoms with Crippen LogP contribution in [0.2, 0.25) is 0 Å². The topological polar surface area (TPSA) is 101 Å². The van der Waals surface area contributed by atoms with E-state index in [1.54, 1.807) is 0 Å². The zero-order valence-corrected chi connectivity index (χ0v) is 13.1. The molecule has 0 aromatic heterocycles. The number of sulfone groups is 1. The third kappa shape index (κ3) is 4.38. The molecule has 0 heterocycles. The first-order valence-corrected chi connectivity index (χ1v) is 9.58. The third-order valence-corrected chi connectivity index (χ3v) is 5.83. The third-order valence-electron chi connectivity index (χ3n) is 2.74. The maximum atomic E-state index is 11.8. The fraction of sp³-hybridized carbons (Fsp3) is 0.500. The van der Waals surface area contributed by atoms with Gasteiger partial charge in [0.25, 0.3) is 0 Å². The van der Waals surface area contributed by atoms with Gasteiger partial charge < -0.3 is 5.11 Å². The quantitative estimate of drug-likeness (QED) is 0.745. The summed E-state index contributed by atoms with van der Waals surface area (Å²) in [5.74, 6) is -0.479. The molecule has 0 aliphatic carbocycles. The Morgan fingerprint density at radius 3 is 2.35 bits per heavy atom. The van der Waals surface area contributed by atoms with E-state index < -0.39 is 19.9 Å². The van der Waals surface area contributed by atoms with Crippen molar-refractivity contribution >= 4 is 25.5 Å². The number of unbranched alkanes of at least 4 members (excludes halogenated alkanes) is 1. The summed E-state index contributed by atoms with van der Waals surface area (Å²) in [6, 6.07) is 3.55. The van der Waals surface area contributed by atoms with Crippen molar-refractivity contribution in [1.82, 2.24) is 0 Å². The molecule has 114 valence electrons. The summed E-state index contributed by atoms with van der Waals surface area (Å²) >= 11 is 0. The minimum absolute atomic E-state index is 0.0222. The Morgan fingerprint density at radius 1 is 1.15 bits per heavy atom. The number of hydrogen-bond donors (Lipinski definition) is 2. The molecule has 0 bridgehead atoms. The van der Waals surface area contributed by atoms with Crippen LogP contribution in [-0.2, 0) is 19.9 Å². The number of phenolic OH excluding ortho intramolecular Hbond substituents is 1. The fourth-order valence-corrected chi connectivity index (χ4v) is 3.69. The molecule has 0 amide bonds. The second-order valence-corrected chi connectivity index (χ2v) is 8.48. The van der Waals surface area contributed by atoms with Gasteiger partial charge in [-0.2, -0.15) is 0 Å². The largest absolute Gasteiger partial charge is 0.506 e. The van der Waals surface area contributed by atoms with Gasteiger partial charge in [0, 0.05) is 0 Å². The summed E-state index contributed by atoms with van der Waals surface area (Å²) in [5.41, 5.74) is -0.115. The number of benzene rings is 1. The van der Waals surface area contributed by atoms with Crippen molar-refractivity contribution in [2.75, 3.05) is 16.2 Å². The van der Waals surface area contributed by atoms with Crippen molar-refractivity contribution in [1.29, 1.82) is 0 Å². The molecule has 6 nitrogen and oxygen atoms in total. The minimum Gasteiger partial charge on any atom is -0.506 e. The second-order valence-electron chi connectivity index (χ2n) is 4.36. The summed E-state index contributed by atoms with van der Waals surface area (Å²) in [4.78, 5) is -0.0222. The summed E-state index contributed by atoms with van der Waals surface area (Å²) in [6.07, 6.45) is 1.21. The first-order chi connectivity index (χ1) is 9.22. The van der Waals surface area contributed by atoms with E-state index in [0.29, 0.717) is 6.42 Å². The van der Waals surface area contributed by atoms with Crippen LogP contribution in [0.5, 0.6) is 5.75 Å². The molecule has 0 saturated carbocycles. The molecule has 0 fully saturated rings. The van der Waals surface area contributed by atoms with Crippen LogP contribution >= 0.6 is 0 Å². The number of nitrogens with one attached hydrogen (secondary N) is 1. The Labute approximate surface area is 119 Å². The molecule has 20 heavy (non-hydrogen) atoms. The van der Waals surface area contributed by atoms with Crippen molar-refractivity contribution in [3.05, 3.63) is 18.2 Å². The van der Waals surface area contributed by atoms with E-state index in [1.807, 2.05) is 6.92 Å². The highest BCUT2D eigenvalue weighted by molar-refractivity contribution is 7.92. The minimum atomic E-state index is -3.59. The molecule has 0 unspecified atom stereocenters. The van der Waals surface area contributed by atoms with Gasteiger partial charge in [0.15, 0.2) is 9.84 Å². The highest BCUT2D eigenvalue weighted by atomic mass is 32.2. The van der Waals surface area contributed by atoms with Crippen LogP contribution in [0.4, 0.5) is 5.69 Å². The number of hydrogen-bond acceptors (Lipinski definition) is 5. The van der Waals surface area contributed by atoms with E-state index in [0.717, 1.165) is 12.5 Å². The first-order valence-electron chi connectivity index (χ1n) is 6.28. The van der Waals surface area contributed by atoms with Crippen molar-refractivity contribution in [2.45, 2.75) is 31.6 Å². The summed E-state index contributed by atoms with van der Waals surface area (Å²) in [5, 5.41) is 9.64. The molecule has 8 heteroatoms. The summed E-state index contributed by atoms with van der Waals surface area (Å²) in [6.45, 7) is 3.36. The van der Waals surface area contributed by atoms with E-state index in [9.17, 15) is 21.9 Å². The standard InChI is InChI=1S/C12H19NO5S2/c1-3-5-8-20(17,18)13-11-9-10(6-7-12(11)14)19(15,16)4-2/h6-7,9,13-14H,3-5,8H2,1-2H3. The predicted molar refractivity (Wildman–Crippen MR) is 78.2 cm³/mol. The van der Waals surface area contributed by atoms with Crippen LogP contribution in [0, 0.1) is 0 Å². The molecule has 2 N–H and O–H groups in total. The molecule has 0 aliphatic heterocycles. The average Bonchev–Trinajstić information content (AvgIpc) is 2.38. The van der Waals surface area contributed by atoms with Gasteiger partial charge in [-0.05, 0) is 24.6 Å². The van der Waals surface area contributed by atoms with Crippen LogP contribution in [-0.4, -0.2) is 33.4 Å². The van der Waals surface area contributed by atoms with Crippen molar-refractivity contribution in [2.24, 2.45) is 0 Å². The Bertz CT molecular complexity index is 665. The SMILES string of the molecule is CCCCS(=O)(=O)Nc1cc(S(=O)(=O)CC)ccc1O. The van der Waals surface area contributed by atoms with E-state index in [4.69, 9.17) is 0 Å². The maximum Gasteiger partial charge on any atom is 0.232 e. The van der Waals surface area contributed by atoms with Gasteiger partial charge in [-0.25, -0.2) is 16.8 Å². The Balaban J connectivity index is 3.11. The smallest absolute Gasteiger partial charge is 0.232 e. The molecule has 1 aromatic rings. The number of sulfonamides is 1. The summed E-state index contributed by atoms with van der Waals surface area (Å²) < 4.78 is 49.2. The molecule has 0 aliphatic rings. The molecular weight excluding hydrogens is 302 g/mol. The lowest BCUT2D eigenvalue weighted by atomic mass is 10.3. The lowest BCUT2D eigenvalue weighted by molar-refractivity contribution is 0.477. The highest BCUT2D eigenvalue weighted by Gasteiger charge is 2.17. The van der Waals surface area contributed by atoms with Gasteiger partial charge in [-0.15, -0.1) is 0 Å². The summed E-state index contributed by atoms with van der Waals surface area (Å²) in [7, 11) is -7.05. The number of anilines is 1. The molecule has 1 aromatic carbocycles. The van der Waals surface area contributed by atoms with Gasteiger partial charge in [0.2, 0.25) is 10.0 Å². The normalized spacial score (nSPS) is 12.3. The second kappa shape index (κ2) is 6.45. The van der Waals surface area contributed by atoms with Gasteiger partial charge >= 0.3 is 0 Å².